The Hall–Kier alpha value is -1.62. The molecule has 2 aromatic heterocycles. The lowest BCUT2D eigenvalue weighted by Gasteiger charge is -2.11. The maximum Gasteiger partial charge on any atom is 0.154 e. The quantitative estimate of drug-likeness (QED) is 0.857. The van der Waals surface area contributed by atoms with E-state index in [1.165, 1.54) is 19.4 Å². The minimum absolute atomic E-state index is 0.667. The van der Waals surface area contributed by atoms with Gasteiger partial charge in [0.1, 0.15) is 5.52 Å². The van der Waals surface area contributed by atoms with Gasteiger partial charge in [-0.2, -0.15) is 0 Å². The average Bonchev–Trinajstić information content (AvgIpc) is 3.01. The molecular formula is C13H19N5. The van der Waals surface area contributed by atoms with Crippen molar-refractivity contribution in [3.05, 3.63) is 18.6 Å². The Kier molecular flexibility index (Phi) is 3.15. The Bertz CT molecular complexity index is 527. The van der Waals surface area contributed by atoms with E-state index in [0.29, 0.717) is 6.04 Å². The van der Waals surface area contributed by atoms with Crippen molar-refractivity contribution in [3.63, 3.8) is 0 Å². The van der Waals surface area contributed by atoms with Gasteiger partial charge in [0.15, 0.2) is 5.82 Å². The Morgan fingerprint density at radius 3 is 3.28 bits per heavy atom. The minimum Gasteiger partial charge on any atom is -0.368 e. The van der Waals surface area contributed by atoms with E-state index in [4.69, 9.17) is 0 Å². The summed E-state index contributed by atoms with van der Waals surface area (Å²) in [6.07, 6.45) is 7.41. The highest BCUT2D eigenvalue weighted by Crippen LogP contribution is 2.18. The van der Waals surface area contributed by atoms with Crippen LogP contribution in [0.4, 0.5) is 5.82 Å². The number of pyridine rings is 1. The van der Waals surface area contributed by atoms with Crippen molar-refractivity contribution in [2.75, 3.05) is 18.4 Å². The number of nitrogens with one attached hydrogen (secondary N) is 2. The molecule has 96 valence electrons. The predicted octanol–water partition coefficient (Wildman–Crippen LogP) is 1.52. The molecule has 0 amide bonds. The summed E-state index contributed by atoms with van der Waals surface area (Å²) in [5.74, 6) is 0.895. The maximum atomic E-state index is 4.39. The highest BCUT2D eigenvalue weighted by molar-refractivity contribution is 5.85. The number of hydrogen-bond acceptors (Lipinski definition) is 4. The molecule has 5 heteroatoms. The zero-order valence-corrected chi connectivity index (χ0v) is 10.7. The van der Waals surface area contributed by atoms with Gasteiger partial charge < -0.3 is 15.2 Å². The topological polar surface area (TPSA) is 54.8 Å². The van der Waals surface area contributed by atoms with Crippen molar-refractivity contribution >= 4 is 16.9 Å². The van der Waals surface area contributed by atoms with Gasteiger partial charge in [0.05, 0.1) is 11.8 Å². The summed E-state index contributed by atoms with van der Waals surface area (Å²) in [4.78, 5) is 8.77. The number of hydrogen-bond donors (Lipinski definition) is 2. The molecule has 0 bridgehead atoms. The van der Waals surface area contributed by atoms with Gasteiger partial charge in [-0.1, -0.05) is 0 Å². The van der Waals surface area contributed by atoms with Crippen molar-refractivity contribution in [2.24, 2.45) is 7.05 Å². The molecule has 0 aliphatic carbocycles. The maximum absolute atomic E-state index is 4.39. The molecule has 2 N–H and O–H groups in total. The molecule has 5 nitrogen and oxygen atoms in total. The van der Waals surface area contributed by atoms with Crippen LogP contribution < -0.4 is 10.6 Å². The molecule has 1 unspecified atom stereocenters. The van der Waals surface area contributed by atoms with E-state index >= 15 is 0 Å². The van der Waals surface area contributed by atoms with Crippen LogP contribution in [0.1, 0.15) is 19.3 Å². The number of aryl methyl sites for hydroxylation is 1. The first kappa shape index (κ1) is 11.5. The lowest BCUT2D eigenvalue weighted by Crippen LogP contribution is -2.24. The van der Waals surface area contributed by atoms with E-state index in [9.17, 15) is 0 Å². The highest BCUT2D eigenvalue weighted by atomic mass is 15.1. The van der Waals surface area contributed by atoms with Gasteiger partial charge >= 0.3 is 0 Å². The van der Waals surface area contributed by atoms with E-state index < -0.39 is 0 Å². The second-order valence-electron chi connectivity index (χ2n) is 4.89. The van der Waals surface area contributed by atoms with E-state index in [1.54, 1.807) is 0 Å². The minimum atomic E-state index is 0.667. The molecule has 3 heterocycles. The lowest BCUT2D eigenvalue weighted by molar-refractivity contribution is 0.574. The van der Waals surface area contributed by atoms with Crippen LogP contribution in [-0.4, -0.2) is 33.7 Å². The molecule has 3 rings (SSSR count). The fraction of sp³-hybridized carbons (Fsp3) is 0.538. The van der Waals surface area contributed by atoms with E-state index in [0.717, 1.165) is 29.8 Å². The molecule has 2 aromatic rings. The zero-order chi connectivity index (χ0) is 12.4. The van der Waals surface area contributed by atoms with Crippen LogP contribution in [0.25, 0.3) is 11.0 Å². The van der Waals surface area contributed by atoms with Crippen LogP contribution in [0, 0.1) is 0 Å². The lowest BCUT2D eigenvalue weighted by atomic mass is 10.1. The van der Waals surface area contributed by atoms with Gasteiger partial charge in [0.25, 0.3) is 0 Å². The fourth-order valence-electron chi connectivity index (χ4n) is 2.56. The Balaban J connectivity index is 1.66. The Labute approximate surface area is 107 Å². The number of aromatic nitrogens is 3. The van der Waals surface area contributed by atoms with Crippen molar-refractivity contribution in [1.29, 1.82) is 0 Å². The predicted molar refractivity (Wildman–Crippen MR) is 72.6 cm³/mol. The fourth-order valence-corrected chi connectivity index (χ4v) is 2.56. The van der Waals surface area contributed by atoms with Gasteiger partial charge in [-0.3, -0.25) is 0 Å². The summed E-state index contributed by atoms with van der Waals surface area (Å²) >= 11 is 0. The van der Waals surface area contributed by atoms with Crippen molar-refractivity contribution in [3.8, 4) is 0 Å². The summed E-state index contributed by atoms with van der Waals surface area (Å²) in [6.45, 7) is 2.11. The van der Waals surface area contributed by atoms with Gasteiger partial charge in [0, 0.05) is 25.8 Å². The summed E-state index contributed by atoms with van der Waals surface area (Å²) in [7, 11) is 2.00. The van der Waals surface area contributed by atoms with Crippen molar-refractivity contribution < 1.29 is 0 Å². The smallest absolute Gasteiger partial charge is 0.154 e. The van der Waals surface area contributed by atoms with Crippen LogP contribution in [0.2, 0.25) is 0 Å². The van der Waals surface area contributed by atoms with Crippen LogP contribution >= 0.6 is 0 Å². The third-order valence-corrected chi connectivity index (χ3v) is 3.59. The largest absolute Gasteiger partial charge is 0.368 e. The molecule has 1 fully saturated rings. The van der Waals surface area contributed by atoms with E-state index in [2.05, 4.69) is 20.6 Å². The monoisotopic (exact) mass is 245 g/mol. The van der Waals surface area contributed by atoms with Gasteiger partial charge in [-0.25, -0.2) is 9.97 Å². The van der Waals surface area contributed by atoms with Crippen molar-refractivity contribution in [2.45, 2.75) is 25.3 Å². The van der Waals surface area contributed by atoms with Crippen molar-refractivity contribution in [1.82, 2.24) is 19.9 Å². The summed E-state index contributed by atoms with van der Waals surface area (Å²) in [6, 6.07) is 2.66. The molecule has 1 aliphatic heterocycles. The summed E-state index contributed by atoms with van der Waals surface area (Å²) in [5.41, 5.74) is 2.07. The standard InChI is InChI=1S/C13H19N5/c1-18-9-17-12-11(18)5-8-16-13(12)15-7-4-10-3-2-6-14-10/h5,8-10,14H,2-4,6-7H2,1H3,(H,15,16). The third kappa shape index (κ3) is 2.18. The van der Waals surface area contributed by atoms with Crippen LogP contribution in [0.3, 0.4) is 0 Å². The second-order valence-corrected chi connectivity index (χ2v) is 4.89. The van der Waals surface area contributed by atoms with E-state index in [-0.39, 0.29) is 0 Å². The Morgan fingerprint density at radius 1 is 1.50 bits per heavy atom. The molecule has 0 saturated carbocycles. The molecule has 1 saturated heterocycles. The first-order valence-electron chi connectivity index (χ1n) is 6.58. The number of imidazole rings is 1. The first-order chi connectivity index (χ1) is 8.84. The van der Waals surface area contributed by atoms with Crippen LogP contribution in [0.5, 0.6) is 0 Å². The summed E-state index contributed by atoms with van der Waals surface area (Å²) < 4.78 is 2.01. The number of anilines is 1. The van der Waals surface area contributed by atoms with Gasteiger partial charge in [0.2, 0.25) is 0 Å². The number of rotatable bonds is 4. The average molecular weight is 245 g/mol. The molecule has 0 radical (unpaired) electrons. The summed E-state index contributed by atoms with van der Waals surface area (Å²) in [5, 5.41) is 6.90. The number of fused-ring (bicyclic) bond motifs is 1. The molecule has 1 aliphatic rings. The first-order valence-corrected chi connectivity index (χ1v) is 6.58. The molecule has 0 spiro atoms. The molecule has 18 heavy (non-hydrogen) atoms. The second kappa shape index (κ2) is 4.94. The van der Waals surface area contributed by atoms with Gasteiger partial charge in [-0.05, 0) is 31.9 Å². The molecule has 0 aromatic carbocycles. The highest BCUT2D eigenvalue weighted by Gasteiger charge is 2.13. The molecule has 1 atom stereocenters. The number of nitrogens with zero attached hydrogens (tertiary/aromatic N) is 3. The van der Waals surface area contributed by atoms with Crippen LogP contribution in [-0.2, 0) is 7.05 Å². The Morgan fingerprint density at radius 2 is 2.44 bits per heavy atom. The normalized spacial score (nSPS) is 19.5. The zero-order valence-electron chi connectivity index (χ0n) is 10.7. The SMILES string of the molecule is Cn1cnc2c(NCCC3CCCN3)nccc21. The molecular weight excluding hydrogens is 226 g/mol. The third-order valence-electron chi connectivity index (χ3n) is 3.59. The van der Waals surface area contributed by atoms with Crippen LogP contribution in [0.15, 0.2) is 18.6 Å². The van der Waals surface area contributed by atoms with E-state index in [1.807, 2.05) is 30.2 Å². The van der Waals surface area contributed by atoms with Gasteiger partial charge in [-0.15, -0.1) is 0 Å².